The van der Waals surface area contributed by atoms with E-state index in [0.29, 0.717) is 25.4 Å². The third-order valence-corrected chi connectivity index (χ3v) is 5.93. The van der Waals surface area contributed by atoms with Gasteiger partial charge in [-0.05, 0) is 36.8 Å². The highest BCUT2D eigenvalue weighted by molar-refractivity contribution is 7.89. The van der Waals surface area contributed by atoms with E-state index in [0.717, 1.165) is 9.87 Å². The number of rotatable bonds is 7. The Hall–Kier alpha value is -2.38. The van der Waals surface area contributed by atoms with Gasteiger partial charge < -0.3 is 9.47 Å². The zero-order valence-electron chi connectivity index (χ0n) is 14.5. The summed E-state index contributed by atoms with van der Waals surface area (Å²) in [6, 6.07) is 15.8. The molecule has 1 amide bonds. The van der Waals surface area contributed by atoms with Crippen molar-refractivity contribution in [3.63, 3.8) is 0 Å². The average molecular weight is 375 g/mol. The molecule has 138 valence electrons. The fourth-order valence-electron chi connectivity index (χ4n) is 2.83. The number of hydrogen-bond donors (Lipinski definition) is 0. The van der Waals surface area contributed by atoms with Crippen LogP contribution in [0.2, 0.25) is 0 Å². The largest absolute Gasteiger partial charge is 0.489 e. The van der Waals surface area contributed by atoms with Gasteiger partial charge in [0.05, 0.1) is 4.90 Å². The van der Waals surface area contributed by atoms with E-state index < -0.39 is 22.2 Å². The molecule has 0 aromatic heterocycles. The lowest BCUT2D eigenvalue weighted by molar-refractivity contribution is -0.128. The van der Waals surface area contributed by atoms with Crippen LogP contribution in [-0.4, -0.2) is 31.5 Å². The topological polar surface area (TPSA) is 72.9 Å². The molecule has 1 fully saturated rings. The second-order valence-electron chi connectivity index (χ2n) is 5.89. The highest BCUT2D eigenvalue weighted by Crippen LogP contribution is 2.28. The van der Waals surface area contributed by atoms with E-state index in [1.807, 2.05) is 30.3 Å². The SMILES string of the molecule is CCOC1CCC(=O)N1S(=O)(=O)c1ccc(OCc2ccccc2)cc1. The number of ether oxygens (including phenoxy) is 2. The van der Waals surface area contributed by atoms with E-state index in [1.54, 1.807) is 19.1 Å². The number of nitrogens with zero attached hydrogens (tertiary/aromatic N) is 1. The van der Waals surface area contributed by atoms with Gasteiger partial charge in [-0.2, -0.15) is 0 Å². The van der Waals surface area contributed by atoms with Gasteiger partial charge in [0.25, 0.3) is 10.0 Å². The summed E-state index contributed by atoms with van der Waals surface area (Å²) in [5.74, 6) is 0.120. The summed E-state index contributed by atoms with van der Waals surface area (Å²) in [4.78, 5) is 12.1. The van der Waals surface area contributed by atoms with E-state index >= 15 is 0 Å². The highest BCUT2D eigenvalue weighted by Gasteiger charge is 2.41. The van der Waals surface area contributed by atoms with Crippen molar-refractivity contribution >= 4 is 15.9 Å². The molecule has 7 heteroatoms. The standard InChI is InChI=1S/C19H21NO5S/c1-2-24-19-13-12-18(21)20(19)26(22,23)17-10-8-16(9-11-17)25-14-15-6-4-3-5-7-15/h3-11,19H,2,12-14H2,1H3. The lowest BCUT2D eigenvalue weighted by Crippen LogP contribution is -2.40. The Kier molecular flexibility index (Phi) is 5.58. The molecule has 6 nitrogen and oxygen atoms in total. The molecule has 1 unspecified atom stereocenters. The normalized spacial score (nSPS) is 17.5. The molecule has 1 saturated heterocycles. The van der Waals surface area contributed by atoms with Gasteiger partial charge in [-0.15, -0.1) is 0 Å². The van der Waals surface area contributed by atoms with Gasteiger partial charge in [-0.25, -0.2) is 12.7 Å². The summed E-state index contributed by atoms with van der Waals surface area (Å²) in [5.41, 5.74) is 1.02. The molecule has 0 N–H and O–H groups in total. The van der Waals surface area contributed by atoms with E-state index in [9.17, 15) is 13.2 Å². The molecule has 1 atom stereocenters. The van der Waals surface area contributed by atoms with Crippen molar-refractivity contribution in [2.75, 3.05) is 6.61 Å². The lowest BCUT2D eigenvalue weighted by atomic mass is 10.2. The maximum absolute atomic E-state index is 12.8. The fourth-order valence-corrected chi connectivity index (χ4v) is 4.37. The van der Waals surface area contributed by atoms with Crippen molar-refractivity contribution in [2.24, 2.45) is 0 Å². The van der Waals surface area contributed by atoms with E-state index in [-0.39, 0.29) is 11.3 Å². The molecule has 2 aromatic rings. The average Bonchev–Trinajstić information content (AvgIpc) is 3.03. The van der Waals surface area contributed by atoms with Crippen molar-refractivity contribution in [2.45, 2.75) is 37.5 Å². The zero-order valence-corrected chi connectivity index (χ0v) is 15.3. The minimum absolute atomic E-state index is 0.0458. The third kappa shape index (κ3) is 3.89. The molecular formula is C19H21NO5S. The zero-order chi connectivity index (χ0) is 18.6. The van der Waals surface area contributed by atoms with Gasteiger partial charge in [0, 0.05) is 19.4 Å². The van der Waals surface area contributed by atoms with Gasteiger partial charge >= 0.3 is 0 Å². The predicted octanol–water partition coefficient (Wildman–Crippen LogP) is 2.94. The first-order valence-corrected chi connectivity index (χ1v) is 9.92. The lowest BCUT2D eigenvalue weighted by Gasteiger charge is -2.24. The quantitative estimate of drug-likeness (QED) is 0.744. The molecule has 0 bridgehead atoms. The van der Waals surface area contributed by atoms with Crippen LogP contribution in [0.3, 0.4) is 0 Å². The van der Waals surface area contributed by atoms with Crippen LogP contribution >= 0.6 is 0 Å². The van der Waals surface area contributed by atoms with Crippen molar-refractivity contribution in [1.82, 2.24) is 4.31 Å². The van der Waals surface area contributed by atoms with Gasteiger partial charge in [-0.1, -0.05) is 30.3 Å². The summed E-state index contributed by atoms with van der Waals surface area (Å²) in [6.45, 7) is 2.51. The second-order valence-corrected chi connectivity index (χ2v) is 7.70. The number of benzene rings is 2. The van der Waals surface area contributed by atoms with Crippen LogP contribution in [-0.2, 0) is 26.2 Å². The van der Waals surface area contributed by atoms with Gasteiger partial charge in [-0.3, -0.25) is 4.79 Å². The Morgan fingerprint density at radius 3 is 2.42 bits per heavy atom. The maximum Gasteiger partial charge on any atom is 0.268 e. The molecule has 1 heterocycles. The number of amides is 1. The fraction of sp³-hybridized carbons (Fsp3) is 0.316. The molecule has 26 heavy (non-hydrogen) atoms. The third-order valence-electron chi connectivity index (χ3n) is 4.10. The molecule has 0 spiro atoms. The minimum Gasteiger partial charge on any atom is -0.489 e. The van der Waals surface area contributed by atoms with Crippen LogP contribution in [0.4, 0.5) is 0 Å². The number of carbonyl (C=O) groups is 1. The Balaban J connectivity index is 1.73. The maximum atomic E-state index is 12.8. The van der Waals surface area contributed by atoms with Crippen molar-refractivity contribution in [3.8, 4) is 5.75 Å². The second kappa shape index (κ2) is 7.88. The van der Waals surface area contributed by atoms with Crippen LogP contribution in [0.25, 0.3) is 0 Å². The molecule has 1 aliphatic rings. The van der Waals surface area contributed by atoms with Crippen LogP contribution in [0.15, 0.2) is 59.5 Å². The molecule has 2 aromatic carbocycles. The van der Waals surface area contributed by atoms with Crippen LogP contribution in [0.1, 0.15) is 25.3 Å². The van der Waals surface area contributed by atoms with Crippen LogP contribution in [0, 0.1) is 0 Å². The molecule has 1 aliphatic heterocycles. The van der Waals surface area contributed by atoms with E-state index in [4.69, 9.17) is 9.47 Å². The monoisotopic (exact) mass is 375 g/mol. The molecule has 0 aliphatic carbocycles. The Labute approximate surface area is 153 Å². The van der Waals surface area contributed by atoms with E-state index in [1.165, 1.54) is 12.1 Å². The van der Waals surface area contributed by atoms with Crippen LogP contribution in [0.5, 0.6) is 5.75 Å². The first-order chi connectivity index (χ1) is 12.5. The Bertz CT molecular complexity index is 849. The summed E-state index contributed by atoms with van der Waals surface area (Å²) in [5, 5.41) is 0. The predicted molar refractivity (Wildman–Crippen MR) is 95.9 cm³/mol. The molecular weight excluding hydrogens is 354 g/mol. The summed E-state index contributed by atoms with van der Waals surface area (Å²) >= 11 is 0. The highest BCUT2D eigenvalue weighted by atomic mass is 32.2. The van der Waals surface area contributed by atoms with Crippen LogP contribution < -0.4 is 4.74 Å². The number of hydrogen-bond acceptors (Lipinski definition) is 5. The summed E-state index contributed by atoms with van der Waals surface area (Å²) in [7, 11) is -3.94. The van der Waals surface area contributed by atoms with Crippen molar-refractivity contribution < 1.29 is 22.7 Å². The van der Waals surface area contributed by atoms with Gasteiger partial charge in [0.1, 0.15) is 18.6 Å². The van der Waals surface area contributed by atoms with E-state index in [2.05, 4.69) is 0 Å². The molecule has 0 radical (unpaired) electrons. The van der Waals surface area contributed by atoms with Gasteiger partial charge in [0.15, 0.2) is 0 Å². The summed E-state index contributed by atoms with van der Waals surface area (Å²) < 4.78 is 37.5. The minimum atomic E-state index is -3.94. The number of carbonyl (C=O) groups excluding carboxylic acids is 1. The number of sulfonamides is 1. The molecule has 0 saturated carbocycles. The first kappa shape index (κ1) is 18.4. The van der Waals surface area contributed by atoms with Crippen molar-refractivity contribution in [3.05, 3.63) is 60.2 Å². The Morgan fingerprint density at radius 1 is 1.08 bits per heavy atom. The smallest absolute Gasteiger partial charge is 0.268 e. The first-order valence-electron chi connectivity index (χ1n) is 8.48. The molecule has 3 rings (SSSR count). The summed E-state index contributed by atoms with van der Waals surface area (Å²) in [6.07, 6.45) is -0.182. The van der Waals surface area contributed by atoms with Crippen molar-refractivity contribution in [1.29, 1.82) is 0 Å². The van der Waals surface area contributed by atoms with Gasteiger partial charge in [0.2, 0.25) is 5.91 Å². The Morgan fingerprint density at radius 2 is 1.77 bits per heavy atom.